The zero-order chi connectivity index (χ0) is 31.9. The van der Waals surface area contributed by atoms with Gasteiger partial charge in [-0.05, 0) is 111 Å². The molecule has 1 amide bonds. The Morgan fingerprint density at radius 3 is 2.25 bits per heavy atom. The fourth-order valence-corrected chi connectivity index (χ4v) is 6.38. The molecule has 1 aliphatic carbocycles. The van der Waals surface area contributed by atoms with Gasteiger partial charge in [-0.25, -0.2) is 4.79 Å². The highest BCUT2D eigenvalue weighted by Gasteiger charge is 2.32. The highest BCUT2D eigenvalue weighted by atomic mass is 35.5. The van der Waals surface area contributed by atoms with E-state index in [4.69, 9.17) is 27.9 Å². The van der Waals surface area contributed by atoms with Gasteiger partial charge in [0.05, 0.1) is 17.9 Å². The van der Waals surface area contributed by atoms with Gasteiger partial charge >= 0.3 is 5.97 Å². The summed E-state index contributed by atoms with van der Waals surface area (Å²) in [5.41, 5.74) is 10.1. The normalized spacial score (nSPS) is 12.5. The predicted octanol–water partition coefficient (Wildman–Crippen LogP) is 8.16. The molecule has 0 atom stereocenters. The quantitative estimate of drug-likeness (QED) is 0.188. The van der Waals surface area contributed by atoms with Gasteiger partial charge in [-0.2, -0.15) is 5.10 Å². The lowest BCUT2D eigenvalue weighted by atomic mass is 9.93. The van der Waals surface area contributed by atoms with E-state index in [1.807, 2.05) is 63.7 Å². The van der Waals surface area contributed by atoms with Crippen molar-refractivity contribution in [3.05, 3.63) is 103 Å². The maximum absolute atomic E-state index is 14.1. The van der Waals surface area contributed by atoms with Crippen LogP contribution in [0.15, 0.2) is 54.1 Å². The number of aryl methyl sites for hydroxylation is 4. The molecule has 1 heterocycles. The van der Waals surface area contributed by atoms with Crippen LogP contribution in [0.2, 0.25) is 10.0 Å². The minimum atomic E-state index is -1.02. The molecule has 228 valence electrons. The van der Waals surface area contributed by atoms with Crippen molar-refractivity contribution in [2.75, 3.05) is 18.6 Å². The Morgan fingerprint density at radius 2 is 1.66 bits per heavy atom. The van der Waals surface area contributed by atoms with Gasteiger partial charge in [-0.15, -0.1) is 0 Å². The number of benzene rings is 3. The minimum Gasteiger partial charge on any atom is -0.494 e. The summed E-state index contributed by atoms with van der Waals surface area (Å²) in [7, 11) is 3.62. The number of hydrogen-bond acceptors (Lipinski definition) is 4. The van der Waals surface area contributed by atoms with Crippen LogP contribution < -0.4 is 9.64 Å². The summed E-state index contributed by atoms with van der Waals surface area (Å²) in [6.07, 6.45) is 1.73. The van der Waals surface area contributed by atoms with Gasteiger partial charge in [-0.3, -0.25) is 9.48 Å². The summed E-state index contributed by atoms with van der Waals surface area (Å²) in [6, 6.07) is 14.1. The number of amides is 1. The van der Waals surface area contributed by atoms with Crippen LogP contribution in [-0.4, -0.2) is 40.4 Å². The summed E-state index contributed by atoms with van der Waals surface area (Å²) in [5.74, 6) is -0.396. The van der Waals surface area contributed by atoms with Gasteiger partial charge in [0.25, 0.3) is 5.91 Å². The van der Waals surface area contributed by atoms with Crippen molar-refractivity contribution in [1.29, 1.82) is 0 Å². The molecule has 4 aromatic rings. The highest BCUT2D eigenvalue weighted by molar-refractivity contribution is 6.34. The molecule has 1 N–H and O–H groups in total. The number of nitrogens with zero attached hydrogens (tertiary/aromatic N) is 3. The van der Waals surface area contributed by atoms with Crippen LogP contribution in [0.5, 0.6) is 5.75 Å². The average Bonchev–Trinajstić information content (AvgIpc) is 3.48. The standard InChI is InChI=1S/C35H35Cl2N3O4/c1-19-16-25(17-20(2)33(19)37)44-15-7-8-26-27-13-14-30(36)32(31-21(3)38-40(6)22(31)4)28(27)18-29(26)34(41)39(5)24-11-9-23(10-12-24)35(42)43/h9-14,16-17H,7-8,15,18H2,1-6H3,(H,42,43). The van der Waals surface area contributed by atoms with E-state index in [-0.39, 0.29) is 11.5 Å². The number of likely N-dealkylation sites (N-methyl/N-ethyl adjacent to an activating group) is 1. The zero-order valence-corrected chi connectivity index (χ0v) is 27.2. The fourth-order valence-electron chi connectivity index (χ4n) is 6.00. The number of aromatic nitrogens is 2. The largest absolute Gasteiger partial charge is 0.494 e. The molecule has 0 bridgehead atoms. The topological polar surface area (TPSA) is 84.7 Å². The van der Waals surface area contributed by atoms with Gasteiger partial charge in [0.1, 0.15) is 5.75 Å². The van der Waals surface area contributed by atoms with Crippen LogP contribution >= 0.6 is 23.2 Å². The Morgan fingerprint density at radius 1 is 1.00 bits per heavy atom. The summed E-state index contributed by atoms with van der Waals surface area (Å²) in [4.78, 5) is 27.1. The molecule has 1 aromatic heterocycles. The van der Waals surface area contributed by atoms with E-state index in [1.54, 1.807) is 24.1 Å². The van der Waals surface area contributed by atoms with Crippen molar-refractivity contribution < 1.29 is 19.4 Å². The van der Waals surface area contributed by atoms with Crippen molar-refractivity contribution in [1.82, 2.24) is 9.78 Å². The number of halogens is 2. The van der Waals surface area contributed by atoms with Crippen molar-refractivity contribution in [3.8, 4) is 16.9 Å². The summed E-state index contributed by atoms with van der Waals surface area (Å²) in [5, 5.41) is 15.3. The third-order valence-corrected chi connectivity index (χ3v) is 9.29. The zero-order valence-electron chi connectivity index (χ0n) is 25.7. The lowest BCUT2D eigenvalue weighted by molar-refractivity contribution is -0.114. The Labute approximate surface area is 267 Å². The lowest BCUT2D eigenvalue weighted by Gasteiger charge is -2.19. The Hall–Kier alpha value is -4.07. The van der Waals surface area contributed by atoms with E-state index in [1.165, 1.54) is 12.1 Å². The van der Waals surface area contributed by atoms with Crippen molar-refractivity contribution in [2.24, 2.45) is 7.05 Å². The number of fused-ring (bicyclic) bond motifs is 1. The summed E-state index contributed by atoms with van der Waals surface area (Å²) in [6.45, 7) is 8.38. The van der Waals surface area contributed by atoms with E-state index < -0.39 is 5.97 Å². The number of carbonyl (C=O) groups is 2. The van der Waals surface area contributed by atoms with E-state index in [0.717, 1.165) is 61.1 Å². The highest BCUT2D eigenvalue weighted by Crippen LogP contribution is 2.46. The molecular weight excluding hydrogens is 597 g/mol. The Kier molecular flexibility index (Phi) is 8.91. The second kappa shape index (κ2) is 12.5. The second-order valence-corrected chi connectivity index (χ2v) is 12.1. The van der Waals surface area contributed by atoms with Gasteiger partial charge in [0.15, 0.2) is 0 Å². The van der Waals surface area contributed by atoms with E-state index >= 15 is 0 Å². The predicted molar refractivity (Wildman–Crippen MR) is 176 cm³/mol. The molecule has 44 heavy (non-hydrogen) atoms. The van der Waals surface area contributed by atoms with Crippen LogP contribution in [0.25, 0.3) is 16.7 Å². The molecule has 7 nitrogen and oxygen atoms in total. The molecule has 0 unspecified atom stereocenters. The fraction of sp³-hybridized carbons (Fsp3) is 0.286. The Balaban J connectivity index is 1.49. The molecule has 0 saturated heterocycles. The second-order valence-electron chi connectivity index (χ2n) is 11.3. The molecule has 0 saturated carbocycles. The third kappa shape index (κ3) is 5.86. The first-order valence-electron chi connectivity index (χ1n) is 14.4. The number of carboxylic acid groups (broad SMARTS) is 1. The molecular formula is C35H35Cl2N3O4. The van der Waals surface area contributed by atoms with E-state index in [9.17, 15) is 14.7 Å². The number of anilines is 1. The smallest absolute Gasteiger partial charge is 0.335 e. The first-order valence-corrected chi connectivity index (χ1v) is 15.2. The van der Waals surface area contributed by atoms with Gasteiger partial charge in [-0.1, -0.05) is 29.3 Å². The summed E-state index contributed by atoms with van der Waals surface area (Å²) < 4.78 is 7.95. The Bertz CT molecular complexity index is 1800. The van der Waals surface area contributed by atoms with Crippen molar-refractivity contribution in [2.45, 2.75) is 47.0 Å². The molecule has 3 aromatic carbocycles. The van der Waals surface area contributed by atoms with Gasteiger partial charge < -0.3 is 14.7 Å². The number of carboxylic acids is 1. The first kappa shape index (κ1) is 31.4. The monoisotopic (exact) mass is 631 g/mol. The molecule has 0 radical (unpaired) electrons. The van der Waals surface area contributed by atoms with E-state index in [2.05, 4.69) is 5.10 Å². The van der Waals surface area contributed by atoms with Gasteiger partial charge in [0.2, 0.25) is 0 Å². The van der Waals surface area contributed by atoms with Crippen molar-refractivity contribution in [3.63, 3.8) is 0 Å². The number of carbonyl (C=O) groups excluding carboxylic acids is 1. The van der Waals surface area contributed by atoms with Crippen LogP contribution in [0, 0.1) is 27.7 Å². The van der Waals surface area contributed by atoms with Crippen LogP contribution in [0.4, 0.5) is 5.69 Å². The molecule has 9 heteroatoms. The maximum atomic E-state index is 14.1. The van der Waals surface area contributed by atoms with Crippen LogP contribution in [-0.2, 0) is 18.3 Å². The van der Waals surface area contributed by atoms with E-state index in [0.29, 0.717) is 42.2 Å². The number of rotatable bonds is 9. The molecule has 0 aliphatic heterocycles. The maximum Gasteiger partial charge on any atom is 0.335 e. The lowest BCUT2D eigenvalue weighted by Crippen LogP contribution is -2.28. The third-order valence-electron chi connectivity index (χ3n) is 8.38. The minimum absolute atomic E-state index is 0.147. The molecule has 1 aliphatic rings. The van der Waals surface area contributed by atoms with Crippen LogP contribution in [0.3, 0.4) is 0 Å². The number of hydrogen-bond donors (Lipinski definition) is 1. The SMILES string of the molecule is Cc1cc(OCCCC2=C(C(=O)N(C)c3ccc(C(=O)O)cc3)Cc3c2ccc(Cl)c3-c2c(C)nn(C)c2C)cc(C)c1Cl. The number of allylic oxidation sites excluding steroid dienone is 1. The first-order chi connectivity index (χ1) is 20.9. The average molecular weight is 633 g/mol. The van der Waals surface area contributed by atoms with Crippen molar-refractivity contribution >= 4 is 46.3 Å². The number of aromatic carboxylic acids is 1. The number of ether oxygens (including phenoxy) is 1. The molecule has 5 rings (SSSR count). The molecule has 0 spiro atoms. The van der Waals surface area contributed by atoms with Crippen LogP contribution in [0.1, 0.15) is 56.8 Å². The molecule has 0 fully saturated rings. The summed E-state index contributed by atoms with van der Waals surface area (Å²) >= 11 is 13.2. The van der Waals surface area contributed by atoms with Gasteiger partial charge in [0, 0.05) is 58.6 Å².